The van der Waals surface area contributed by atoms with Gasteiger partial charge in [-0.3, -0.25) is 4.79 Å². The molecule has 0 aliphatic carbocycles. The van der Waals surface area contributed by atoms with E-state index in [1.807, 2.05) is 48.5 Å². The van der Waals surface area contributed by atoms with E-state index in [0.29, 0.717) is 0 Å². The Bertz CT molecular complexity index is 454. The van der Waals surface area contributed by atoms with Gasteiger partial charge in [-0.05, 0) is 24.1 Å². The highest BCUT2D eigenvalue weighted by Crippen LogP contribution is 2.19. The van der Waals surface area contributed by atoms with Gasteiger partial charge in [-0.2, -0.15) is 0 Å². The zero-order valence-corrected chi connectivity index (χ0v) is 8.53. The van der Waals surface area contributed by atoms with Crippen LogP contribution in [0.2, 0.25) is 0 Å². The van der Waals surface area contributed by atoms with Crippen LogP contribution in [-0.4, -0.2) is 5.78 Å². The van der Waals surface area contributed by atoms with Crippen LogP contribution in [0.4, 0.5) is 0 Å². The lowest BCUT2D eigenvalue weighted by Crippen LogP contribution is -1.90. The molecule has 0 unspecified atom stereocenters. The molecule has 0 saturated carbocycles. The summed E-state index contributed by atoms with van der Waals surface area (Å²) in [5, 5.41) is 0. The largest absolute Gasteiger partial charge is 0.295 e. The number of ketones is 1. The van der Waals surface area contributed by atoms with Crippen LogP contribution in [0, 0.1) is 6.07 Å². The second-order valence-electron chi connectivity index (χ2n) is 3.42. The van der Waals surface area contributed by atoms with E-state index in [4.69, 9.17) is 0 Å². The van der Waals surface area contributed by atoms with Gasteiger partial charge >= 0.3 is 0 Å². The van der Waals surface area contributed by atoms with Gasteiger partial charge in [-0.15, -0.1) is 0 Å². The summed E-state index contributed by atoms with van der Waals surface area (Å²) in [5.74, 6) is 0.0999. The third-order valence-corrected chi connectivity index (χ3v) is 2.34. The van der Waals surface area contributed by atoms with E-state index in [1.54, 1.807) is 6.92 Å². The minimum atomic E-state index is 0.0999. The molecule has 2 aromatic carbocycles. The topological polar surface area (TPSA) is 17.1 Å². The Morgan fingerprint density at radius 3 is 2.00 bits per heavy atom. The molecule has 1 nitrogen and oxygen atoms in total. The van der Waals surface area contributed by atoms with E-state index in [0.717, 1.165) is 16.7 Å². The summed E-state index contributed by atoms with van der Waals surface area (Å²) in [4.78, 5) is 11.1. The average Bonchev–Trinajstić information content (AvgIpc) is 2.30. The predicted molar refractivity (Wildman–Crippen MR) is 60.7 cm³/mol. The summed E-state index contributed by atoms with van der Waals surface area (Å²) in [6.07, 6.45) is 0. The maximum absolute atomic E-state index is 11.1. The number of carbonyl (C=O) groups is 1. The Balaban J connectivity index is 2.36. The first kappa shape index (κ1) is 9.66. The van der Waals surface area contributed by atoms with Crippen LogP contribution in [0.1, 0.15) is 17.3 Å². The standard InChI is InChI=1S/C14H11O/c1-11(15)12-7-9-14(10-8-12)13-5-3-2-4-6-13/h3-10H,1H3. The normalized spacial score (nSPS) is 9.93. The van der Waals surface area contributed by atoms with E-state index < -0.39 is 0 Å². The number of carbonyl (C=O) groups excluding carboxylic acids is 1. The van der Waals surface area contributed by atoms with Crippen molar-refractivity contribution in [3.05, 3.63) is 60.2 Å². The zero-order valence-electron chi connectivity index (χ0n) is 8.53. The molecule has 0 aliphatic rings. The lowest BCUT2D eigenvalue weighted by Gasteiger charge is -2.01. The van der Waals surface area contributed by atoms with Crippen molar-refractivity contribution in [3.8, 4) is 11.1 Å². The highest BCUT2D eigenvalue weighted by Gasteiger charge is 1.99. The minimum absolute atomic E-state index is 0.0999. The predicted octanol–water partition coefficient (Wildman–Crippen LogP) is 3.36. The van der Waals surface area contributed by atoms with E-state index >= 15 is 0 Å². The molecule has 0 aliphatic heterocycles. The lowest BCUT2D eigenvalue weighted by atomic mass is 10.0. The van der Waals surface area contributed by atoms with Crippen LogP contribution in [0.15, 0.2) is 48.5 Å². The smallest absolute Gasteiger partial charge is 0.159 e. The molecular formula is C14H11O. The fourth-order valence-corrected chi connectivity index (χ4v) is 1.48. The van der Waals surface area contributed by atoms with Gasteiger partial charge in [0.2, 0.25) is 0 Å². The number of benzene rings is 2. The third kappa shape index (κ3) is 2.13. The second kappa shape index (κ2) is 4.09. The Morgan fingerprint density at radius 1 is 0.933 bits per heavy atom. The molecule has 0 aromatic heterocycles. The van der Waals surface area contributed by atoms with Crippen molar-refractivity contribution >= 4 is 5.78 Å². The van der Waals surface area contributed by atoms with Crippen molar-refractivity contribution in [2.45, 2.75) is 6.92 Å². The monoisotopic (exact) mass is 195 g/mol. The molecule has 15 heavy (non-hydrogen) atoms. The summed E-state index contributed by atoms with van der Waals surface area (Å²) < 4.78 is 0. The molecule has 73 valence electrons. The van der Waals surface area contributed by atoms with Gasteiger partial charge in [-0.25, -0.2) is 0 Å². The molecule has 0 spiro atoms. The Morgan fingerprint density at radius 2 is 1.47 bits per heavy atom. The molecule has 2 rings (SSSR count). The van der Waals surface area contributed by atoms with Crippen molar-refractivity contribution in [2.75, 3.05) is 0 Å². The lowest BCUT2D eigenvalue weighted by molar-refractivity contribution is 0.101. The molecule has 0 amide bonds. The summed E-state index contributed by atoms with van der Waals surface area (Å²) in [7, 11) is 0. The van der Waals surface area contributed by atoms with Crippen molar-refractivity contribution in [1.82, 2.24) is 0 Å². The van der Waals surface area contributed by atoms with Crippen LogP contribution >= 0.6 is 0 Å². The van der Waals surface area contributed by atoms with Gasteiger partial charge < -0.3 is 0 Å². The van der Waals surface area contributed by atoms with Gasteiger partial charge in [0, 0.05) is 5.56 Å². The molecule has 0 saturated heterocycles. The molecule has 0 N–H and O–H groups in total. The van der Waals surface area contributed by atoms with Gasteiger partial charge in [-0.1, -0.05) is 48.5 Å². The second-order valence-corrected chi connectivity index (χ2v) is 3.42. The van der Waals surface area contributed by atoms with Crippen LogP contribution in [0.5, 0.6) is 0 Å². The maximum Gasteiger partial charge on any atom is 0.159 e. The highest BCUT2D eigenvalue weighted by molar-refractivity contribution is 5.94. The van der Waals surface area contributed by atoms with Gasteiger partial charge in [0.05, 0.1) is 0 Å². The fraction of sp³-hybridized carbons (Fsp3) is 0.0714. The Hall–Kier alpha value is -1.89. The fourth-order valence-electron chi connectivity index (χ4n) is 1.48. The highest BCUT2D eigenvalue weighted by atomic mass is 16.1. The van der Waals surface area contributed by atoms with Crippen LogP contribution in [0.3, 0.4) is 0 Å². The first-order valence-electron chi connectivity index (χ1n) is 4.85. The zero-order chi connectivity index (χ0) is 10.7. The third-order valence-electron chi connectivity index (χ3n) is 2.34. The molecular weight excluding hydrogens is 184 g/mol. The molecule has 0 fully saturated rings. The maximum atomic E-state index is 11.1. The number of hydrogen-bond acceptors (Lipinski definition) is 1. The SMILES string of the molecule is CC(=O)c1ccc(-c2cc[c]cc2)cc1. The summed E-state index contributed by atoms with van der Waals surface area (Å²) in [6.45, 7) is 1.58. The van der Waals surface area contributed by atoms with Gasteiger partial charge in [0.15, 0.2) is 5.78 Å². The Labute approximate surface area is 89.4 Å². The van der Waals surface area contributed by atoms with E-state index in [2.05, 4.69) is 6.07 Å². The summed E-state index contributed by atoms with van der Waals surface area (Å²) >= 11 is 0. The first-order valence-corrected chi connectivity index (χ1v) is 4.85. The van der Waals surface area contributed by atoms with E-state index in [9.17, 15) is 4.79 Å². The van der Waals surface area contributed by atoms with Crippen LogP contribution in [0.25, 0.3) is 11.1 Å². The Kier molecular flexibility index (Phi) is 2.64. The molecule has 0 atom stereocenters. The van der Waals surface area contributed by atoms with Gasteiger partial charge in [0.1, 0.15) is 0 Å². The molecule has 1 heteroatoms. The summed E-state index contributed by atoms with van der Waals surface area (Å²) in [6, 6.07) is 18.4. The average molecular weight is 195 g/mol. The van der Waals surface area contributed by atoms with Crippen molar-refractivity contribution in [3.63, 3.8) is 0 Å². The van der Waals surface area contributed by atoms with E-state index in [1.165, 1.54) is 0 Å². The number of Topliss-reactive ketones (excluding diaryl/α,β-unsaturated/α-hetero) is 1. The van der Waals surface area contributed by atoms with Crippen LogP contribution < -0.4 is 0 Å². The first-order chi connectivity index (χ1) is 7.27. The molecule has 1 radical (unpaired) electrons. The number of hydrogen-bond donors (Lipinski definition) is 0. The molecule has 0 heterocycles. The van der Waals surface area contributed by atoms with Crippen molar-refractivity contribution in [2.24, 2.45) is 0 Å². The molecule has 0 bridgehead atoms. The quantitative estimate of drug-likeness (QED) is 0.671. The van der Waals surface area contributed by atoms with Crippen molar-refractivity contribution < 1.29 is 4.79 Å². The minimum Gasteiger partial charge on any atom is -0.295 e. The molecule has 2 aromatic rings. The van der Waals surface area contributed by atoms with Gasteiger partial charge in [0.25, 0.3) is 0 Å². The van der Waals surface area contributed by atoms with Crippen molar-refractivity contribution in [1.29, 1.82) is 0 Å². The summed E-state index contributed by atoms with van der Waals surface area (Å²) in [5.41, 5.74) is 3.01. The van der Waals surface area contributed by atoms with Crippen LogP contribution in [-0.2, 0) is 0 Å². The number of rotatable bonds is 2. The van der Waals surface area contributed by atoms with E-state index in [-0.39, 0.29) is 5.78 Å².